The van der Waals surface area contributed by atoms with Crippen LogP contribution < -0.4 is 4.74 Å². The first-order valence-electron chi connectivity index (χ1n) is 5.49. The molecule has 92 valence electrons. The predicted molar refractivity (Wildman–Crippen MR) is 65.6 cm³/mol. The molecule has 5 nitrogen and oxygen atoms in total. The SMILES string of the molecule is CCOc1ccc(-c2cncc(C(=O)O)n2)cc1. The Morgan fingerprint density at radius 1 is 1.28 bits per heavy atom. The number of aromatic nitrogens is 2. The summed E-state index contributed by atoms with van der Waals surface area (Å²) in [5.74, 6) is -0.320. The van der Waals surface area contributed by atoms with E-state index in [9.17, 15) is 4.79 Å². The highest BCUT2D eigenvalue weighted by atomic mass is 16.5. The van der Waals surface area contributed by atoms with Crippen LogP contribution in [0.15, 0.2) is 36.7 Å². The van der Waals surface area contributed by atoms with E-state index in [1.165, 1.54) is 12.4 Å². The summed E-state index contributed by atoms with van der Waals surface area (Å²) in [5, 5.41) is 8.85. The van der Waals surface area contributed by atoms with Crippen molar-refractivity contribution in [2.75, 3.05) is 6.61 Å². The van der Waals surface area contributed by atoms with Gasteiger partial charge >= 0.3 is 5.97 Å². The van der Waals surface area contributed by atoms with Gasteiger partial charge in [-0.2, -0.15) is 0 Å². The van der Waals surface area contributed by atoms with E-state index in [4.69, 9.17) is 9.84 Å². The first kappa shape index (κ1) is 12.0. The summed E-state index contributed by atoms with van der Waals surface area (Å²) in [6.45, 7) is 2.52. The van der Waals surface area contributed by atoms with Crippen molar-refractivity contribution in [3.63, 3.8) is 0 Å². The van der Waals surface area contributed by atoms with Crippen molar-refractivity contribution >= 4 is 5.97 Å². The monoisotopic (exact) mass is 244 g/mol. The highest BCUT2D eigenvalue weighted by molar-refractivity contribution is 5.85. The van der Waals surface area contributed by atoms with Crippen LogP contribution in [0.4, 0.5) is 0 Å². The first-order chi connectivity index (χ1) is 8.70. The van der Waals surface area contributed by atoms with Gasteiger partial charge in [0.2, 0.25) is 0 Å². The summed E-state index contributed by atoms with van der Waals surface area (Å²) < 4.78 is 5.33. The van der Waals surface area contributed by atoms with Crippen molar-refractivity contribution in [2.45, 2.75) is 6.92 Å². The average Bonchev–Trinajstić information content (AvgIpc) is 2.40. The molecule has 2 rings (SSSR count). The molecule has 1 aromatic carbocycles. The van der Waals surface area contributed by atoms with Crippen LogP contribution in [-0.2, 0) is 0 Å². The Labute approximate surface area is 104 Å². The van der Waals surface area contributed by atoms with Gasteiger partial charge in [-0.05, 0) is 31.2 Å². The predicted octanol–water partition coefficient (Wildman–Crippen LogP) is 2.24. The molecule has 0 aliphatic heterocycles. The van der Waals surface area contributed by atoms with Gasteiger partial charge in [0.25, 0.3) is 0 Å². The molecule has 1 aromatic heterocycles. The number of hydrogen-bond acceptors (Lipinski definition) is 4. The topological polar surface area (TPSA) is 72.3 Å². The highest BCUT2D eigenvalue weighted by Gasteiger charge is 2.07. The van der Waals surface area contributed by atoms with E-state index in [-0.39, 0.29) is 5.69 Å². The minimum absolute atomic E-state index is 0.0682. The van der Waals surface area contributed by atoms with E-state index in [0.29, 0.717) is 12.3 Å². The number of ether oxygens (including phenoxy) is 1. The highest BCUT2D eigenvalue weighted by Crippen LogP contribution is 2.20. The van der Waals surface area contributed by atoms with Crippen molar-refractivity contribution < 1.29 is 14.6 Å². The van der Waals surface area contributed by atoms with E-state index >= 15 is 0 Å². The molecule has 0 aliphatic rings. The van der Waals surface area contributed by atoms with Gasteiger partial charge in [-0.25, -0.2) is 9.78 Å². The zero-order chi connectivity index (χ0) is 13.0. The van der Waals surface area contributed by atoms with E-state index in [0.717, 1.165) is 11.3 Å². The number of carboxylic acid groups (broad SMARTS) is 1. The number of nitrogens with zero attached hydrogens (tertiary/aromatic N) is 2. The van der Waals surface area contributed by atoms with Crippen LogP contribution in [0, 0.1) is 0 Å². The van der Waals surface area contributed by atoms with Gasteiger partial charge in [0.15, 0.2) is 5.69 Å². The van der Waals surface area contributed by atoms with Crippen molar-refractivity contribution in [3.8, 4) is 17.0 Å². The third-order valence-electron chi connectivity index (χ3n) is 2.31. The Bertz CT molecular complexity index is 552. The molecule has 18 heavy (non-hydrogen) atoms. The molecule has 0 fully saturated rings. The third-order valence-corrected chi connectivity index (χ3v) is 2.31. The average molecular weight is 244 g/mol. The minimum atomic E-state index is -1.09. The largest absolute Gasteiger partial charge is 0.494 e. The van der Waals surface area contributed by atoms with Crippen LogP contribution in [-0.4, -0.2) is 27.7 Å². The zero-order valence-electron chi connectivity index (χ0n) is 9.83. The molecule has 0 saturated heterocycles. The molecule has 5 heteroatoms. The lowest BCUT2D eigenvalue weighted by Crippen LogP contribution is -2.02. The Hall–Kier alpha value is -2.43. The number of hydrogen-bond donors (Lipinski definition) is 1. The normalized spacial score (nSPS) is 10.1. The van der Waals surface area contributed by atoms with E-state index in [2.05, 4.69) is 9.97 Å². The molecular weight excluding hydrogens is 232 g/mol. The van der Waals surface area contributed by atoms with Gasteiger partial charge in [0.05, 0.1) is 24.7 Å². The lowest BCUT2D eigenvalue weighted by molar-refractivity contribution is 0.0690. The molecule has 0 bridgehead atoms. The Balaban J connectivity index is 2.30. The second-order valence-corrected chi connectivity index (χ2v) is 3.55. The molecule has 1 heterocycles. The van der Waals surface area contributed by atoms with Gasteiger partial charge in [-0.3, -0.25) is 4.98 Å². The first-order valence-corrected chi connectivity index (χ1v) is 5.49. The molecule has 0 unspecified atom stereocenters. The summed E-state index contributed by atoms with van der Waals surface area (Å²) in [5.41, 5.74) is 1.26. The van der Waals surface area contributed by atoms with Crippen LogP contribution in [0.1, 0.15) is 17.4 Å². The lowest BCUT2D eigenvalue weighted by atomic mass is 10.1. The molecule has 1 N–H and O–H groups in total. The molecule has 0 atom stereocenters. The van der Waals surface area contributed by atoms with Crippen molar-refractivity contribution in [1.82, 2.24) is 9.97 Å². The Kier molecular flexibility index (Phi) is 3.52. The quantitative estimate of drug-likeness (QED) is 0.892. The van der Waals surface area contributed by atoms with Crippen LogP contribution in [0.3, 0.4) is 0 Å². The second kappa shape index (κ2) is 5.27. The number of carboxylic acids is 1. The fourth-order valence-corrected chi connectivity index (χ4v) is 1.50. The molecule has 0 amide bonds. The Morgan fingerprint density at radius 3 is 2.61 bits per heavy atom. The fraction of sp³-hybridized carbons (Fsp3) is 0.154. The summed E-state index contributed by atoms with van der Waals surface area (Å²) in [4.78, 5) is 18.7. The van der Waals surface area contributed by atoms with Crippen LogP contribution in [0.5, 0.6) is 5.75 Å². The van der Waals surface area contributed by atoms with Crippen molar-refractivity contribution in [2.24, 2.45) is 0 Å². The van der Waals surface area contributed by atoms with Gasteiger partial charge < -0.3 is 9.84 Å². The Morgan fingerprint density at radius 2 is 2.00 bits per heavy atom. The summed E-state index contributed by atoms with van der Waals surface area (Å²) in [7, 11) is 0. The van der Waals surface area contributed by atoms with Crippen LogP contribution in [0.2, 0.25) is 0 Å². The van der Waals surface area contributed by atoms with Crippen LogP contribution in [0.25, 0.3) is 11.3 Å². The van der Waals surface area contributed by atoms with E-state index in [1.54, 1.807) is 0 Å². The van der Waals surface area contributed by atoms with Gasteiger partial charge in [-0.1, -0.05) is 0 Å². The molecule has 0 spiro atoms. The number of carbonyl (C=O) groups is 1. The molecule has 0 radical (unpaired) electrons. The van der Waals surface area contributed by atoms with E-state index in [1.807, 2.05) is 31.2 Å². The number of aromatic carboxylic acids is 1. The van der Waals surface area contributed by atoms with Crippen LogP contribution >= 0.6 is 0 Å². The molecule has 0 saturated carbocycles. The lowest BCUT2D eigenvalue weighted by Gasteiger charge is -2.04. The van der Waals surface area contributed by atoms with Gasteiger partial charge in [0, 0.05) is 5.56 Å². The van der Waals surface area contributed by atoms with E-state index < -0.39 is 5.97 Å². The summed E-state index contributed by atoms with van der Waals surface area (Å²) >= 11 is 0. The maximum atomic E-state index is 10.8. The smallest absolute Gasteiger partial charge is 0.356 e. The van der Waals surface area contributed by atoms with Gasteiger partial charge in [-0.15, -0.1) is 0 Å². The molecular formula is C13H12N2O3. The second-order valence-electron chi connectivity index (χ2n) is 3.55. The van der Waals surface area contributed by atoms with Crippen molar-refractivity contribution in [3.05, 3.63) is 42.4 Å². The summed E-state index contributed by atoms with van der Waals surface area (Å²) in [6.07, 6.45) is 2.75. The van der Waals surface area contributed by atoms with Crippen molar-refractivity contribution in [1.29, 1.82) is 0 Å². The third kappa shape index (κ3) is 2.63. The number of benzene rings is 1. The zero-order valence-corrected chi connectivity index (χ0v) is 9.83. The maximum Gasteiger partial charge on any atom is 0.356 e. The molecule has 0 aliphatic carbocycles. The maximum absolute atomic E-state index is 10.8. The fourth-order valence-electron chi connectivity index (χ4n) is 1.50. The van der Waals surface area contributed by atoms with Gasteiger partial charge in [0.1, 0.15) is 5.75 Å². The standard InChI is InChI=1S/C13H12N2O3/c1-2-18-10-5-3-9(4-6-10)11-7-14-8-12(15-11)13(16)17/h3-8H,2H2,1H3,(H,16,17). The molecule has 2 aromatic rings. The summed E-state index contributed by atoms with van der Waals surface area (Å²) in [6, 6.07) is 7.27. The minimum Gasteiger partial charge on any atom is -0.494 e. The number of rotatable bonds is 4.